The third kappa shape index (κ3) is 2.58. The maximum absolute atomic E-state index is 5.81. The van der Waals surface area contributed by atoms with Gasteiger partial charge in [-0.3, -0.25) is 0 Å². The van der Waals surface area contributed by atoms with Crippen molar-refractivity contribution in [1.29, 1.82) is 0 Å². The summed E-state index contributed by atoms with van der Waals surface area (Å²) in [5.41, 5.74) is 6.76. The fourth-order valence-electron chi connectivity index (χ4n) is 1.81. The van der Waals surface area contributed by atoms with Gasteiger partial charge >= 0.3 is 0 Å². The molecule has 1 aliphatic heterocycles. The Morgan fingerprint density at radius 3 is 2.94 bits per heavy atom. The highest BCUT2D eigenvalue weighted by molar-refractivity contribution is 7.99. The lowest BCUT2D eigenvalue weighted by molar-refractivity contribution is 0.630. The number of nitrogens with one attached hydrogen (secondary N) is 1. The number of nitrogens with two attached hydrogens (primary N) is 1. The maximum atomic E-state index is 5.81. The molecule has 4 nitrogen and oxygen atoms in total. The van der Waals surface area contributed by atoms with Crippen molar-refractivity contribution < 1.29 is 0 Å². The molecule has 1 saturated heterocycles. The summed E-state index contributed by atoms with van der Waals surface area (Å²) in [7, 11) is 0. The minimum atomic E-state index is 0.579. The molecule has 16 heavy (non-hydrogen) atoms. The zero-order chi connectivity index (χ0) is 11.5. The Hall–Kier alpha value is -0.970. The lowest BCUT2D eigenvalue weighted by Gasteiger charge is -2.13. The Balaban J connectivity index is 2.02. The molecule has 0 aliphatic carbocycles. The number of nitrogen functional groups attached to an aromatic ring is 1. The molecule has 1 atom stereocenters. The lowest BCUT2D eigenvalue weighted by Crippen LogP contribution is -2.16. The van der Waals surface area contributed by atoms with Crippen molar-refractivity contribution in [2.24, 2.45) is 5.92 Å². The summed E-state index contributed by atoms with van der Waals surface area (Å²) < 4.78 is 0. The van der Waals surface area contributed by atoms with Crippen molar-refractivity contribution in [2.75, 3.05) is 29.1 Å². The lowest BCUT2D eigenvalue weighted by atomic mass is 10.1. The summed E-state index contributed by atoms with van der Waals surface area (Å²) in [6.07, 6.45) is 1.30. The van der Waals surface area contributed by atoms with Crippen molar-refractivity contribution in [2.45, 2.75) is 20.3 Å². The molecular weight excluding hydrogens is 220 g/mol. The van der Waals surface area contributed by atoms with Crippen LogP contribution in [0, 0.1) is 19.8 Å². The van der Waals surface area contributed by atoms with Gasteiger partial charge in [-0.1, -0.05) is 0 Å². The predicted molar refractivity (Wildman–Crippen MR) is 69.8 cm³/mol. The number of aromatic nitrogens is 2. The van der Waals surface area contributed by atoms with Gasteiger partial charge in [0.2, 0.25) is 0 Å². The normalized spacial score (nSPS) is 20.0. The van der Waals surface area contributed by atoms with E-state index in [2.05, 4.69) is 15.3 Å². The number of thioether (sulfide) groups is 1. The summed E-state index contributed by atoms with van der Waals surface area (Å²) in [5, 5.41) is 3.39. The quantitative estimate of drug-likeness (QED) is 0.841. The minimum absolute atomic E-state index is 0.579. The number of rotatable bonds is 3. The van der Waals surface area contributed by atoms with Gasteiger partial charge in [0.1, 0.15) is 17.5 Å². The second kappa shape index (κ2) is 4.91. The van der Waals surface area contributed by atoms with Crippen LogP contribution in [0.25, 0.3) is 0 Å². The van der Waals surface area contributed by atoms with Crippen molar-refractivity contribution in [1.82, 2.24) is 9.97 Å². The fourth-order valence-corrected chi connectivity index (χ4v) is 3.09. The summed E-state index contributed by atoms with van der Waals surface area (Å²) >= 11 is 2.03. The first-order valence-electron chi connectivity index (χ1n) is 5.59. The Morgan fingerprint density at radius 1 is 1.44 bits per heavy atom. The highest BCUT2D eigenvalue weighted by Gasteiger charge is 2.16. The third-order valence-electron chi connectivity index (χ3n) is 2.88. The molecule has 0 spiro atoms. The summed E-state index contributed by atoms with van der Waals surface area (Å²) in [6, 6.07) is 0. The molecule has 0 aromatic carbocycles. The van der Waals surface area contributed by atoms with Crippen molar-refractivity contribution in [3.8, 4) is 0 Å². The van der Waals surface area contributed by atoms with E-state index in [4.69, 9.17) is 5.73 Å². The SMILES string of the molecule is Cc1nc(N)c(C)c(NCC2CCSC2)n1. The van der Waals surface area contributed by atoms with E-state index in [0.717, 1.165) is 29.7 Å². The van der Waals surface area contributed by atoms with Gasteiger partial charge in [0.15, 0.2) is 0 Å². The molecule has 1 aromatic rings. The van der Waals surface area contributed by atoms with Crippen LogP contribution in [0.1, 0.15) is 17.8 Å². The number of hydrogen-bond acceptors (Lipinski definition) is 5. The average molecular weight is 238 g/mol. The van der Waals surface area contributed by atoms with Gasteiger partial charge in [-0.05, 0) is 37.7 Å². The molecule has 0 radical (unpaired) electrons. The van der Waals surface area contributed by atoms with E-state index in [-0.39, 0.29) is 0 Å². The van der Waals surface area contributed by atoms with Crippen LogP contribution in [0.4, 0.5) is 11.6 Å². The van der Waals surface area contributed by atoms with Crippen molar-refractivity contribution >= 4 is 23.4 Å². The van der Waals surface area contributed by atoms with Gasteiger partial charge in [-0.15, -0.1) is 0 Å². The predicted octanol–water partition coefficient (Wildman–Crippen LogP) is 1.84. The zero-order valence-corrected chi connectivity index (χ0v) is 10.6. The van der Waals surface area contributed by atoms with Crippen LogP contribution in [-0.2, 0) is 0 Å². The first-order chi connectivity index (χ1) is 7.66. The maximum Gasteiger partial charge on any atom is 0.134 e. The number of nitrogens with zero attached hydrogens (tertiary/aromatic N) is 2. The number of anilines is 2. The van der Waals surface area contributed by atoms with Gasteiger partial charge in [0.25, 0.3) is 0 Å². The van der Waals surface area contributed by atoms with E-state index in [0.29, 0.717) is 5.82 Å². The second-order valence-corrected chi connectivity index (χ2v) is 5.39. The Labute approximate surface area is 100 Å². The number of hydrogen-bond donors (Lipinski definition) is 2. The molecule has 1 unspecified atom stereocenters. The third-order valence-corrected chi connectivity index (χ3v) is 4.11. The van der Waals surface area contributed by atoms with E-state index >= 15 is 0 Å². The molecular formula is C11H18N4S. The molecule has 0 bridgehead atoms. The van der Waals surface area contributed by atoms with Crippen molar-refractivity contribution in [3.05, 3.63) is 11.4 Å². The molecule has 2 rings (SSSR count). The summed E-state index contributed by atoms with van der Waals surface area (Å²) in [4.78, 5) is 8.52. The molecule has 0 amide bonds. The molecule has 5 heteroatoms. The van der Waals surface area contributed by atoms with Crippen LogP contribution in [-0.4, -0.2) is 28.0 Å². The van der Waals surface area contributed by atoms with E-state index in [1.54, 1.807) is 0 Å². The van der Waals surface area contributed by atoms with Crippen LogP contribution < -0.4 is 11.1 Å². The van der Waals surface area contributed by atoms with Crippen LogP contribution in [0.2, 0.25) is 0 Å². The van der Waals surface area contributed by atoms with Crippen LogP contribution in [0.5, 0.6) is 0 Å². The van der Waals surface area contributed by atoms with Gasteiger partial charge < -0.3 is 11.1 Å². The average Bonchev–Trinajstić information content (AvgIpc) is 2.74. The van der Waals surface area contributed by atoms with Crippen LogP contribution in [0.3, 0.4) is 0 Å². The smallest absolute Gasteiger partial charge is 0.134 e. The standard InChI is InChI=1S/C11H18N4S/c1-7-10(12)14-8(2)15-11(7)13-5-9-3-4-16-6-9/h9H,3-6H2,1-2H3,(H3,12,13,14,15). The Kier molecular flexibility index (Phi) is 3.53. The molecule has 1 aliphatic rings. The molecule has 0 saturated carbocycles. The zero-order valence-electron chi connectivity index (χ0n) is 9.79. The Bertz CT molecular complexity index is 374. The molecule has 88 valence electrons. The highest BCUT2D eigenvalue weighted by atomic mass is 32.2. The summed E-state index contributed by atoms with van der Waals surface area (Å²) in [6.45, 7) is 4.82. The number of aryl methyl sites for hydroxylation is 1. The van der Waals surface area contributed by atoms with Gasteiger partial charge in [-0.2, -0.15) is 11.8 Å². The summed E-state index contributed by atoms with van der Waals surface area (Å²) in [5.74, 6) is 5.51. The van der Waals surface area contributed by atoms with Gasteiger partial charge in [-0.25, -0.2) is 9.97 Å². The largest absolute Gasteiger partial charge is 0.383 e. The Morgan fingerprint density at radius 2 is 2.25 bits per heavy atom. The first-order valence-corrected chi connectivity index (χ1v) is 6.74. The topological polar surface area (TPSA) is 63.8 Å². The van der Waals surface area contributed by atoms with Crippen LogP contribution in [0.15, 0.2) is 0 Å². The molecule has 2 heterocycles. The van der Waals surface area contributed by atoms with E-state index < -0.39 is 0 Å². The molecule has 1 fully saturated rings. The molecule has 3 N–H and O–H groups in total. The van der Waals surface area contributed by atoms with E-state index in [1.165, 1.54) is 17.9 Å². The van der Waals surface area contributed by atoms with E-state index in [1.807, 2.05) is 25.6 Å². The molecule has 1 aromatic heterocycles. The van der Waals surface area contributed by atoms with Gasteiger partial charge in [0.05, 0.1) is 0 Å². The first kappa shape index (κ1) is 11.5. The van der Waals surface area contributed by atoms with Crippen LogP contribution >= 0.6 is 11.8 Å². The second-order valence-electron chi connectivity index (χ2n) is 4.24. The van der Waals surface area contributed by atoms with E-state index in [9.17, 15) is 0 Å². The fraction of sp³-hybridized carbons (Fsp3) is 0.636. The monoisotopic (exact) mass is 238 g/mol. The highest BCUT2D eigenvalue weighted by Crippen LogP contribution is 2.24. The van der Waals surface area contributed by atoms with Gasteiger partial charge in [0, 0.05) is 12.1 Å². The minimum Gasteiger partial charge on any atom is -0.383 e. The van der Waals surface area contributed by atoms with Crippen molar-refractivity contribution in [3.63, 3.8) is 0 Å².